The van der Waals surface area contributed by atoms with Crippen molar-refractivity contribution in [2.24, 2.45) is 5.73 Å². The highest BCUT2D eigenvalue weighted by molar-refractivity contribution is 6.31. The fourth-order valence-electron chi connectivity index (χ4n) is 5.36. The van der Waals surface area contributed by atoms with Crippen LogP contribution in [0, 0.1) is 0 Å². The smallest absolute Gasteiger partial charge is 0.258 e. The highest BCUT2D eigenvalue weighted by Crippen LogP contribution is 2.35. The van der Waals surface area contributed by atoms with Crippen molar-refractivity contribution < 1.29 is 14.3 Å². The summed E-state index contributed by atoms with van der Waals surface area (Å²) in [5, 5.41) is 8.29. The molecule has 2 bridgehead atoms. The van der Waals surface area contributed by atoms with E-state index < -0.39 is 0 Å². The van der Waals surface area contributed by atoms with E-state index in [4.69, 9.17) is 32.2 Å². The molecule has 1 atom stereocenters. The van der Waals surface area contributed by atoms with Gasteiger partial charge in [-0.3, -0.25) is 9.59 Å². The minimum Gasteiger partial charge on any atom is -0.483 e. The van der Waals surface area contributed by atoms with Crippen LogP contribution in [0.25, 0.3) is 5.65 Å². The highest BCUT2D eigenvalue weighted by Gasteiger charge is 2.33. The third-order valence-corrected chi connectivity index (χ3v) is 7.68. The van der Waals surface area contributed by atoms with E-state index in [9.17, 15) is 9.59 Å². The lowest BCUT2D eigenvalue weighted by atomic mass is 9.98. The molecule has 0 aliphatic carbocycles. The molecule has 0 radical (unpaired) electrons. The second-order valence-electron chi connectivity index (χ2n) is 10.2. The molecule has 2 amide bonds. The molecular weight excluding hydrogens is 508 g/mol. The number of amides is 2. The Hall–Kier alpha value is -3.57. The molecule has 12 heteroatoms. The number of carbonyl (C=O) groups excluding carboxylic acids is 2. The van der Waals surface area contributed by atoms with Crippen molar-refractivity contribution in [2.75, 3.05) is 56.2 Å². The zero-order valence-corrected chi connectivity index (χ0v) is 22.0. The van der Waals surface area contributed by atoms with Gasteiger partial charge in [0.15, 0.2) is 12.3 Å². The lowest BCUT2D eigenvalue weighted by Gasteiger charge is -2.38. The lowest BCUT2D eigenvalue weighted by molar-refractivity contribution is -0.123. The van der Waals surface area contributed by atoms with Gasteiger partial charge in [-0.05, 0) is 37.5 Å². The third kappa shape index (κ3) is 4.60. The fourth-order valence-corrected chi connectivity index (χ4v) is 5.54. The Morgan fingerprint density at radius 3 is 2.79 bits per heavy atom. The van der Waals surface area contributed by atoms with Crippen LogP contribution in [-0.2, 0) is 4.79 Å². The fraction of sp³-hybridized carbons (Fsp3) is 0.462. The van der Waals surface area contributed by atoms with E-state index in [1.165, 1.54) is 0 Å². The number of benzene rings is 1. The molecule has 0 spiro atoms. The van der Waals surface area contributed by atoms with Crippen LogP contribution in [0.4, 0.5) is 11.6 Å². The molecule has 0 saturated carbocycles. The number of nitrogens with two attached hydrogens (primary N) is 1. The summed E-state index contributed by atoms with van der Waals surface area (Å²) in [5.41, 5.74) is 7.87. The first kappa shape index (κ1) is 24.7. The van der Waals surface area contributed by atoms with Crippen LogP contribution in [-0.4, -0.2) is 83.7 Å². The van der Waals surface area contributed by atoms with Gasteiger partial charge < -0.3 is 30.5 Å². The molecular formula is C26H31ClN8O3. The van der Waals surface area contributed by atoms with Crippen molar-refractivity contribution in [1.82, 2.24) is 24.8 Å². The molecule has 3 aliphatic rings. The summed E-state index contributed by atoms with van der Waals surface area (Å²) >= 11 is 6.28. The van der Waals surface area contributed by atoms with E-state index in [1.54, 1.807) is 18.2 Å². The first-order valence-corrected chi connectivity index (χ1v) is 13.4. The second-order valence-corrected chi connectivity index (χ2v) is 10.6. The Morgan fingerprint density at radius 2 is 1.97 bits per heavy atom. The largest absolute Gasteiger partial charge is 0.483 e. The predicted octanol–water partition coefficient (Wildman–Crippen LogP) is 1.84. The van der Waals surface area contributed by atoms with E-state index >= 15 is 0 Å². The molecule has 38 heavy (non-hydrogen) atoms. The quantitative estimate of drug-likeness (QED) is 0.481. The van der Waals surface area contributed by atoms with Crippen LogP contribution in [0.2, 0.25) is 5.02 Å². The van der Waals surface area contributed by atoms with Gasteiger partial charge >= 0.3 is 0 Å². The van der Waals surface area contributed by atoms with Crippen molar-refractivity contribution >= 4 is 40.7 Å². The summed E-state index contributed by atoms with van der Waals surface area (Å²) in [7, 11) is 1.96. The molecule has 2 aromatic heterocycles. The van der Waals surface area contributed by atoms with Gasteiger partial charge in [-0.1, -0.05) is 11.6 Å². The SMILES string of the molecule is CN1CCNC(=O)COc2ccc(Cl)cc2C(=O)N2CCCC[C@H]2c2cc3nc(N4CC(N)C4)cc1n3n2. The van der Waals surface area contributed by atoms with Gasteiger partial charge in [0.05, 0.1) is 17.3 Å². The summed E-state index contributed by atoms with van der Waals surface area (Å²) < 4.78 is 7.63. The minimum atomic E-state index is -0.272. The van der Waals surface area contributed by atoms with Gasteiger partial charge in [-0.15, -0.1) is 0 Å². The molecule has 3 aromatic rings. The van der Waals surface area contributed by atoms with Gasteiger partial charge in [-0.2, -0.15) is 9.61 Å². The Kier molecular flexibility index (Phi) is 6.48. The van der Waals surface area contributed by atoms with Crippen LogP contribution in [0.1, 0.15) is 41.4 Å². The number of nitrogens with zero attached hydrogens (tertiary/aromatic N) is 6. The number of fused-ring (bicyclic) bond motifs is 4. The summed E-state index contributed by atoms with van der Waals surface area (Å²) in [4.78, 5) is 37.4. The topological polar surface area (TPSA) is 121 Å². The van der Waals surface area contributed by atoms with E-state index in [-0.39, 0.29) is 30.5 Å². The standard InChI is InChI=1S/C26H31ClN8O3/c1-32-9-7-29-24(36)15-38-21-6-5-16(27)10-18(21)26(37)34-8-3-2-4-20(34)19-11-23-30-22(33-13-17(28)14-33)12-25(32)35(23)31-19/h5-6,10-12,17,20H,2-4,7-9,13-15,28H2,1H3,(H,29,36)/t20-/m0/s1. The Morgan fingerprint density at radius 1 is 1.13 bits per heavy atom. The number of aromatic nitrogens is 3. The van der Waals surface area contributed by atoms with Crippen LogP contribution in [0.3, 0.4) is 0 Å². The Balaban J connectivity index is 1.46. The number of hydrogen-bond donors (Lipinski definition) is 2. The van der Waals surface area contributed by atoms with Gasteiger partial charge in [-0.25, -0.2) is 4.98 Å². The number of piperidine rings is 1. The number of halogens is 1. The number of ether oxygens (including phenoxy) is 1. The zero-order valence-electron chi connectivity index (χ0n) is 21.3. The molecule has 5 heterocycles. The molecule has 3 aliphatic heterocycles. The number of nitrogens with one attached hydrogen (secondary N) is 1. The number of likely N-dealkylation sites (N-methyl/N-ethyl adjacent to an activating group) is 1. The minimum absolute atomic E-state index is 0.139. The van der Waals surface area contributed by atoms with Gasteiger partial charge in [0.2, 0.25) is 0 Å². The van der Waals surface area contributed by atoms with Gasteiger partial charge in [0.25, 0.3) is 11.8 Å². The van der Waals surface area contributed by atoms with E-state index in [0.717, 1.165) is 49.7 Å². The maximum Gasteiger partial charge on any atom is 0.258 e. The molecule has 1 aromatic carbocycles. The number of rotatable bonds is 1. The van der Waals surface area contributed by atoms with Crippen molar-refractivity contribution in [3.05, 3.63) is 46.6 Å². The lowest BCUT2D eigenvalue weighted by Crippen LogP contribution is -2.56. The maximum absolute atomic E-state index is 13.9. The van der Waals surface area contributed by atoms with E-state index in [0.29, 0.717) is 41.6 Å². The average molecular weight is 539 g/mol. The normalized spacial score (nSPS) is 21.1. The average Bonchev–Trinajstić information content (AvgIpc) is 3.33. The second kappa shape index (κ2) is 9.95. The number of carbonyl (C=O) groups is 2. The van der Waals surface area contributed by atoms with E-state index in [1.807, 2.05) is 33.5 Å². The summed E-state index contributed by atoms with van der Waals surface area (Å²) in [6.45, 7) is 2.84. The van der Waals surface area contributed by atoms with Crippen LogP contribution in [0.15, 0.2) is 30.3 Å². The van der Waals surface area contributed by atoms with Crippen LogP contribution < -0.4 is 25.6 Å². The first-order chi connectivity index (χ1) is 18.4. The van der Waals surface area contributed by atoms with Crippen molar-refractivity contribution in [2.45, 2.75) is 31.3 Å². The molecule has 11 nitrogen and oxygen atoms in total. The van der Waals surface area contributed by atoms with Crippen molar-refractivity contribution in [1.29, 1.82) is 0 Å². The van der Waals surface area contributed by atoms with Crippen molar-refractivity contribution in [3.8, 4) is 5.75 Å². The molecule has 200 valence electrons. The number of hydrogen-bond acceptors (Lipinski definition) is 8. The molecule has 2 fully saturated rings. The Labute approximate surface area is 225 Å². The molecule has 2 saturated heterocycles. The first-order valence-electron chi connectivity index (χ1n) is 13.0. The molecule has 6 rings (SSSR count). The highest BCUT2D eigenvalue weighted by atomic mass is 35.5. The summed E-state index contributed by atoms with van der Waals surface area (Å²) in [5.74, 6) is 1.55. The Bertz CT molecular complexity index is 1390. The molecule has 3 N–H and O–H groups in total. The molecule has 0 unspecified atom stereocenters. The third-order valence-electron chi connectivity index (χ3n) is 7.44. The van der Waals surface area contributed by atoms with Gasteiger partial charge in [0, 0.05) is 63.0 Å². The monoisotopic (exact) mass is 538 g/mol. The van der Waals surface area contributed by atoms with Crippen molar-refractivity contribution in [3.63, 3.8) is 0 Å². The van der Waals surface area contributed by atoms with Gasteiger partial charge in [0.1, 0.15) is 17.4 Å². The van der Waals surface area contributed by atoms with Crippen LogP contribution in [0.5, 0.6) is 5.75 Å². The number of anilines is 2. The summed E-state index contributed by atoms with van der Waals surface area (Å²) in [6.07, 6.45) is 2.66. The van der Waals surface area contributed by atoms with Crippen LogP contribution >= 0.6 is 11.6 Å². The maximum atomic E-state index is 13.9. The summed E-state index contributed by atoms with van der Waals surface area (Å²) in [6, 6.07) is 8.80. The predicted molar refractivity (Wildman–Crippen MR) is 144 cm³/mol. The van der Waals surface area contributed by atoms with E-state index in [2.05, 4.69) is 10.2 Å². The zero-order chi connectivity index (χ0) is 26.4.